The molecule has 1 rings (SSSR count). The Kier molecular flexibility index (Phi) is 3.34. The average molecular weight is 198 g/mol. The normalized spacial score (nSPS) is 10.5. The van der Waals surface area contributed by atoms with E-state index in [1.165, 1.54) is 19.3 Å². The molecule has 0 amide bonds. The molecule has 0 saturated carbocycles. The standard InChI is InChI=1S/C10H8F2O2/c1-14-10(13)5-3-7-2-4-8(11)6-9(7)12/h2-6H,1H3/b5-3+. The van der Waals surface area contributed by atoms with Gasteiger partial charge in [-0.25, -0.2) is 13.6 Å². The second kappa shape index (κ2) is 4.50. The lowest BCUT2D eigenvalue weighted by Crippen LogP contribution is -1.94. The third kappa shape index (κ3) is 2.65. The number of methoxy groups -OCH3 is 1. The Labute approximate surface area is 79.8 Å². The molecule has 0 aliphatic heterocycles. The van der Waals surface area contributed by atoms with Crippen LogP contribution in [0.25, 0.3) is 6.08 Å². The lowest BCUT2D eigenvalue weighted by molar-refractivity contribution is -0.134. The molecule has 0 heterocycles. The summed E-state index contributed by atoms with van der Waals surface area (Å²) in [5, 5.41) is 0. The average Bonchev–Trinajstić information content (AvgIpc) is 2.16. The smallest absolute Gasteiger partial charge is 0.330 e. The largest absolute Gasteiger partial charge is 0.466 e. The molecular formula is C10H8F2O2. The van der Waals surface area contributed by atoms with Crippen molar-refractivity contribution in [2.45, 2.75) is 0 Å². The molecule has 0 atom stereocenters. The van der Waals surface area contributed by atoms with Crippen LogP contribution in [-0.4, -0.2) is 13.1 Å². The molecule has 0 spiro atoms. The third-order valence-corrected chi connectivity index (χ3v) is 1.56. The first kappa shape index (κ1) is 10.4. The van der Waals surface area contributed by atoms with Crippen LogP contribution in [0.5, 0.6) is 0 Å². The lowest BCUT2D eigenvalue weighted by atomic mass is 10.2. The first-order chi connectivity index (χ1) is 6.63. The fourth-order valence-electron chi connectivity index (χ4n) is 0.863. The number of ether oxygens (including phenoxy) is 1. The highest BCUT2D eigenvalue weighted by molar-refractivity contribution is 5.86. The van der Waals surface area contributed by atoms with Crippen LogP contribution in [-0.2, 0) is 9.53 Å². The number of rotatable bonds is 2. The summed E-state index contributed by atoms with van der Waals surface area (Å²) >= 11 is 0. The van der Waals surface area contributed by atoms with Crippen molar-refractivity contribution in [1.29, 1.82) is 0 Å². The summed E-state index contributed by atoms with van der Waals surface area (Å²) in [6, 6.07) is 3.10. The maximum atomic E-state index is 13.0. The van der Waals surface area contributed by atoms with Crippen molar-refractivity contribution in [3.05, 3.63) is 41.5 Å². The summed E-state index contributed by atoms with van der Waals surface area (Å²) < 4.78 is 29.7. The Morgan fingerprint density at radius 1 is 1.43 bits per heavy atom. The molecule has 0 radical (unpaired) electrons. The Morgan fingerprint density at radius 3 is 2.71 bits per heavy atom. The van der Waals surface area contributed by atoms with E-state index in [4.69, 9.17) is 0 Å². The predicted molar refractivity (Wildman–Crippen MR) is 47.4 cm³/mol. The topological polar surface area (TPSA) is 26.3 Å². The minimum absolute atomic E-state index is 0.136. The van der Waals surface area contributed by atoms with E-state index in [-0.39, 0.29) is 5.56 Å². The zero-order chi connectivity index (χ0) is 10.6. The Morgan fingerprint density at radius 2 is 2.14 bits per heavy atom. The van der Waals surface area contributed by atoms with E-state index < -0.39 is 17.6 Å². The van der Waals surface area contributed by atoms with E-state index in [1.807, 2.05) is 0 Å². The van der Waals surface area contributed by atoms with Crippen molar-refractivity contribution in [2.75, 3.05) is 7.11 Å². The summed E-state index contributed by atoms with van der Waals surface area (Å²) in [6.07, 6.45) is 2.29. The van der Waals surface area contributed by atoms with E-state index in [9.17, 15) is 13.6 Å². The van der Waals surface area contributed by atoms with E-state index in [0.29, 0.717) is 0 Å². The van der Waals surface area contributed by atoms with Gasteiger partial charge in [0, 0.05) is 17.7 Å². The van der Waals surface area contributed by atoms with Crippen LogP contribution in [0.4, 0.5) is 8.78 Å². The molecule has 0 aliphatic carbocycles. The van der Waals surface area contributed by atoms with Gasteiger partial charge >= 0.3 is 5.97 Å². The van der Waals surface area contributed by atoms with Crippen molar-refractivity contribution in [3.8, 4) is 0 Å². The minimum atomic E-state index is -0.717. The summed E-state index contributed by atoms with van der Waals surface area (Å²) in [5.74, 6) is -1.96. The molecule has 0 saturated heterocycles. The number of hydrogen-bond donors (Lipinski definition) is 0. The number of carbonyl (C=O) groups is 1. The van der Waals surface area contributed by atoms with Crippen LogP contribution in [0.3, 0.4) is 0 Å². The predicted octanol–water partition coefficient (Wildman–Crippen LogP) is 2.15. The molecule has 1 aromatic carbocycles. The van der Waals surface area contributed by atoms with Gasteiger partial charge in [0.25, 0.3) is 0 Å². The highest BCUT2D eigenvalue weighted by Crippen LogP contribution is 2.10. The van der Waals surface area contributed by atoms with Crippen LogP contribution in [0.1, 0.15) is 5.56 Å². The van der Waals surface area contributed by atoms with Gasteiger partial charge < -0.3 is 4.74 Å². The van der Waals surface area contributed by atoms with Crippen molar-refractivity contribution in [1.82, 2.24) is 0 Å². The van der Waals surface area contributed by atoms with E-state index >= 15 is 0 Å². The zero-order valence-corrected chi connectivity index (χ0v) is 7.46. The van der Waals surface area contributed by atoms with Crippen LogP contribution >= 0.6 is 0 Å². The molecule has 0 unspecified atom stereocenters. The molecule has 14 heavy (non-hydrogen) atoms. The maximum Gasteiger partial charge on any atom is 0.330 e. The summed E-state index contributed by atoms with van der Waals surface area (Å²) in [7, 11) is 1.22. The molecular weight excluding hydrogens is 190 g/mol. The van der Waals surface area contributed by atoms with Crippen molar-refractivity contribution >= 4 is 12.0 Å². The summed E-state index contributed by atoms with van der Waals surface area (Å²) in [4.78, 5) is 10.7. The van der Waals surface area contributed by atoms with Crippen LogP contribution < -0.4 is 0 Å². The highest BCUT2D eigenvalue weighted by Gasteiger charge is 2.00. The molecule has 2 nitrogen and oxygen atoms in total. The van der Waals surface area contributed by atoms with Crippen molar-refractivity contribution < 1.29 is 18.3 Å². The molecule has 0 N–H and O–H groups in total. The summed E-state index contributed by atoms with van der Waals surface area (Å²) in [5.41, 5.74) is 0.136. The lowest BCUT2D eigenvalue weighted by Gasteiger charge is -1.96. The second-order valence-electron chi connectivity index (χ2n) is 2.52. The van der Waals surface area contributed by atoms with Gasteiger partial charge in [-0.1, -0.05) is 0 Å². The monoisotopic (exact) mass is 198 g/mol. The Bertz CT molecular complexity index is 372. The number of halogens is 2. The second-order valence-corrected chi connectivity index (χ2v) is 2.52. The molecule has 0 fully saturated rings. The quantitative estimate of drug-likeness (QED) is 0.537. The van der Waals surface area contributed by atoms with Gasteiger partial charge in [-0.2, -0.15) is 0 Å². The van der Waals surface area contributed by atoms with Crippen molar-refractivity contribution in [2.24, 2.45) is 0 Å². The van der Waals surface area contributed by atoms with Gasteiger partial charge in [0.05, 0.1) is 7.11 Å². The first-order valence-electron chi connectivity index (χ1n) is 3.84. The fraction of sp³-hybridized carbons (Fsp3) is 0.100. The Balaban J connectivity index is 2.87. The van der Waals surface area contributed by atoms with Gasteiger partial charge in [-0.05, 0) is 18.2 Å². The van der Waals surface area contributed by atoms with Gasteiger partial charge in [-0.3, -0.25) is 0 Å². The van der Waals surface area contributed by atoms with E-state index in [0.717, 1.165) is 18.2 Å². The SMILES string of the molecule is COC(=O)/C=C/c1ccc(F)cc1F. The number of hydrogen-bond acceptors (Lipinski definition) is 2. The van der Waals surface area contributed by atoms with E-state index in [1.54, 1.807) is 0 Å². The van der Waals surface area contributed by atoms with E-state index in [2.05, 4.69) is 4.74 Å². The van der Waals surface area contributed by atoms with Gasteiger partial charge in [-0.15, -0.1) is 0 Å². The molecule has 4 heteroatoms. The van der Waals surface area contributed by atoms with Crippen LogP contribution in [0.15, 0.2) is 24.3 Å². The molecule has 0 aromatic heterocycles. The van der Waals surface area contributed by atoms with Gasteiger partial charge in [0.2, 0.25) is 0 Å². The minimum Gasteiger partial charge on any atom is -0.466 e. The van der Waals surface area contributed by atoms with Gasteiger partial charge in [0.1, 0.15) is 11.6 Å². The molecule has 0 aliphatic rings. The number of benzene rings is 1. The molecule has 74 valence electrons. The fourth-order valence-corrected chi connectivity index (χ4v) is 0.863. The van der Waals surface area contributed by atoms with Gasteiger partial charge in [0.15, 0.2) is 0 Å². The summed E-state index contributed by atoms with van der Waals surface area (Å²) in [6.45, 7) is 0. The first-order valence-corrected chi connectivity index (χ1v) is 3.84. The number of esters is 1. The van der Waals surface area contributed by atoms with Crippen LogP contribution in [0.2, 0.25) is 0 Å². The van der Waals surface area contributed by atoms with Crippen molar-refractivity contribution in [3.63, 3.8) is 0 Å². The number of carbonyl (C=O) groups excluding carboxylic acids is 1. The maximum absolute atomic E-state index is 13.0. The van der Waals surface area contributed by atoms with Crippen LogP contribution in [0, 0.1) is 11.6 Å². The Hall–Kier alpha value is -1.71. The highest BCUT2D eigenvalue weighted by atomic mass is 19.1. The third-order valence-electron chi connectivity index (χ3n) is 1.56. The molecule has 1 aromatic rings. The zero-order valence-electron chi connectivity index (χ0n) is 7.46. The molecule has 0 bridgehead atoms.